The predicted octanol–water partition coefficient (Wildman–Crippen LogP) is 4.72. The lowest BCUT2D eigenvalue weighted by atomic mass is 10.2. The number of anilines is 1. The molecule has 6 nitrogen and oxygen atoms in total. The van der Waals surface area contributed by atoms with E-state index in [1.807, 2.05) is 78.9 Å². The molecule has 1 aromatic heterocycles. The number of tetrazole rings is 1. The first-order valence-corrected chi connectivity index (χ1v) is 8.77. The monoisotopic (exact) mass is 377 g/mol. The van der Waals surface area contributed by atoms with Crippen LogP contribution >= 0.6 is 11.6 Å². The molecule has 0 bridgehead atoms. The third-order valence-electron chi connectivity index (χ3n) is 3.96. The van der Waals surface area contributed by atoms with E-state index in [-0.39, 0.29) is 0 Å². The van der Waals surface area contributed by atoms with E-state index in [0.717, 1.165) is 16.9 Å². The highest BCUT2D eigenvalue weighted by Crippen LogP contribution is 2.27. The van der Waals surface area contributed by atoms with Gasteiger partial charge in [0.2, 0.25) is 0 Å². The zero-order chi connectivity index (χ0) is 18.5. The highest BCUT2D eigenvalue weighted by atomic mass is 35.5. The van der Waals surface area contributed by atoms with Crippen LogP contribution in [0, 0.1) is 0 Å². The zero-order valence-corrected chi connectivity index (χ0v) is 15.0. The van der Waals surface area contributed by atoms with E-state index in [1.54, 1.807) is 4.68 Å². The molecule has 0 atom stereocenters. The van der Waals surface area contributed by atoms with Gasteiger partial charge in [0.05, 0.1) is 16.4 Å². The number of nitrogens with zero attached hydrogens (tertiary/aromatic N) is 4. The predicted molar refractivity (Wildman–Crippen MR) is 104 cm³/mol. The lowest BCUT2D eigenvalue weighted by Crippen LogP contribution is -2.04. The minimum atomic E-state index is 0.298. The van der Waals surface area contributed by atoms with Gasteiger partial charge in [0.1, 0.15) is 5.75 Å². The summed E-state index contributed by atoms with van der Waals surface area (Å²) in [7, 11) is 0. The van der Waals surface area contributed by atoms with Crippen LogP contribution in [-0.2, 0) is 6.54 Å². The number of halogens is 1. The number of hydrogen-bond acceptors (Lipinski definition) is 5. The van der Waals surface area contributed by atoms with Crippen LogP contribution in [0.15, 0.2) is 78.9 Å². The maximum atomic E-state index is 6.21. The highest BCUT2D eigenvalue weighted by molar-refractivity contribution is 6.33. The van der Waals surface area contributed by atoms with E-state index >= 15 is 0 Å². The van der Waals surface area contributed by atoms with Crippen LogP contribution in [0.25, 0.3) is 5.69 Å². The van der Waals surface area contributed by atoms with Crippen molar-refractivity contribution in [1.82, 2.24) is 20.2 Å². The van der Waals surface area contributed by atoms with Crippen molar-refractivity contribution in [2.45, 2.75) is 6.54 Å². The van der Waals surface area contributed by atoms with Crippen molar-refractivity contribution < 1.29 is 4.74 Å². The molecular formula is C20H16ClN5O. The summed E-state index contributed by atoms with van der Waals surface area (Å²) in [5, 5.41) is 15.7. The van der Waals surface area contributed by atoms with Crippen molar-refractivity contribution in [3.8, 4) is 17.4 Å². The molecule has 7 heteroatoms. The van der Waals surface area contributed by atoms with Crippen LogP contribution in [0.3, 0.4) is 0 Å². The van der Waals surface area contributed by atoms with E-state index in [9.17, 15) is 0 Å². The van der Waals surface area contributed by atoms with E-state index in [4.69, 9.17) is 16.3 Å². The molecule has 0 saturated heterocycles. The summed E-state index contributed by atoms with van der Waals surface area (Å²) in [6.45, 7) is 0.548. The van der Waals surface area contributed by atoms with Crippen LogP contribution in [0.2, 0.25) is 5.02 Å². The summed E-state index contributed by atoms with van der Waals surface area (Å²) < 4.78 is 7.56. The number of benzene rings is 3. The molecule has 1 heterocycles. The van der Waals surface area contributed by atoms with Gasteiger partial charge < -0.3 is 10.1 Å². The standard InChI is InChI=1S/C20H16ClN5O/c21-17-11-5-6-12-18(17)22-14-15-8-4-7-13-19(15)27-20-23-24-25-26(20)16-9-2-1-3-10-16/h1-13,22H,14H2. The van der Waals surface area contributed by atoms with Gasteiger partial charge in [-0.1, -0.05) is 65.2 Å². The molecule has 0 aliphatic heterocycles. The van der Waals surface area contributed by atoms with Gasteiger partial charge in [0, 0.05) is 12.1 Å². The summed E-state index contributed by atoms with van der Waals surface area (Å²) in [5.41, 5.74) is 2.65. The van der Waals surface area contributed by atoms with Gasteiger partial charge in [-0.3, -0.25) is 0 Å². The summed E-state index contributed by atoms with van der Waals surface area (Å²) in [6.07, 6.45) is 0. The molecule has 0 fully saturated rings. The summed E-state index contributed by atoms with van der Waals surface area (Å²) in [4.78, 5) is 0. The Morgan fingerprint density at radius 1 is 0.889 bits per heavy atom. The Hall–Kier alpha value is -3.38. The molecule has 4 rings (SSSR count). The van der Waals surface area contributed by atoms with Gasteiger partial charge in [-0.2, -0.15) is 4.68 Å². The molecule has 0 aliphatic carbocycles. The minimum Gasteiger partial charge on any atom is -0.423 e. The third-order valence-corrected chi connectivity index (χ3v) is 4.29. The first-order valence-electron chi connectivity index (χ1n) is 8.39. The highest BCUT2D eigenvalue weighted by Gasteiger charge is 2.13. The summed E-state index contributed by atoms with van der Waals surface area (Å²) >= 11 is 6.21. The van der Waals surface area contributed by atoms with Crippen LogP contribution in [-0.4, -0.2) is 20.2 Å². The number of hydrogen-bond donors (Lipinski definition) is 1. The fourth-order valence-electron chi connectivity index (χ4n) is 2.62. The summed E-state index contributed by atoms with van der Waals surface area (Å²) in [5.74, 6) is 0.670. The van der Waals surface area contributed by atoms with Gasteiger partial charge >= 0.3 is 6.01 Å². The first-order chi connectivity index (χ1) is 13.3. The topological polar surface area (TPSA) is 64.9 Å². The van der Waals surface area contributed by atoms with E-state index in [1.165, 1.54) is 0 Å². The van der Waals surface area contributed by atoms with E-state index < -0.39 is 0 Å². The van der Waals surface area contributed by atoms with E-state index in [0.29, 0.717) is 23.3 Å². The van der Waals surface area contributed by atoms with Crippen molar-refractivity contribution in [3.63, 3.8) is 0 Å². The largest absolute Gasteiger partial charge is 0.423 e. The van der Waals surface area contributed by atoms with Crippen LogP contribution in [0.5, 0.6) is 11.8 Å². The second-order valence-corrected chi connectivity index (χ2v) is 6.16. The van der Waals surface area contributed by atoms with E-state index in [2.05, 4.69) is 20.8 Å². The van der Waals surface area contributed by atoms with Crippen molar-refractivity contribution >= 4 is 17.3 Å². The zero-order valence-electron chi connectivity index (χ0n) is 14.3. The Labute approximate surface area is 161 Å². The number of aromatic nitrogens is 4. The van der Waals surface area contributed by atoms with Crippen LogP contribution in [0.1, 0.15) is 5.56 Å². The number of nitrogens with one attached hydrogen (secondary N) is 1. The van der Waals surface area contributed by atoms with Crippen molar-refractivity contribution in [2.75, 3.05) is 5.32 Å². The molecule has 0 amide bonds. The molecule has 3 aromatic carbocycles. The molecule has 1 N–H and O–H groups in total. The molecule has 0 aliphatic rings. The molecular weight excluding hydrogens is 362 g/mol. The quantitative estimate of drug-likeness (QED) is 0.526. The van der Waals surface area contributed by atoms with Gasteiger partial charge in [0.25, 0.3) is 0 Å². The lowest BCUT2D eigenvalue weighted by Gasteiger charge is -2.12. The fourth-order valence-corrected chi connectivity index (χ4v) is 2.82. The maximum Gasteiger partial charge on any atom is 0.345 e. The normalized spacial score (nSPS) is 10.6. The van der Waals surface area contributed by atoms with Crippen LogP contribution < -0.4 is 10.1 Å². The third kappa shape index (κ3) is 3.91. The second kappa shape index (κ2) is 7.88. The van der Waals surface area contributed by atoms with Gasteiger partial charge in [-0.05, 0) is 40.8 Å². The average molecular weight is 378 g/mol. The average Bonchev–Trinajstić information content (AvgIpc) is 3.17. The van der Waals surface area contributed by atoms with Crippen molar-refractivity contribution in [3.05, 3.63) is 89.4 Å². The number of para-hydroxylation sites is 3. The van der Waals surface area contributed by atoms with Crippen molar-refractivity contribution in [2.24, 2.45) is 0 Å². The Morgan fingerprint density at radius 2 is 1.63 bits per heavy atom. The molecule has 0 radical (unpaired) electrons. The van der Waals surface area contributed by atoms with Crippen molar-refractivity contribution in [1.29, 1.82) is 0 Å². The van der Waals surface area contributed by atoms with Gasteiger partial charge in [-0.15, -0.1) is 0 Å². The molecule has 134 valence electrons. The lowest BCUT2D eigenvalue weighted by molar-refractivity contribution is 0.423. The Bertz CT molecular complexity index is 1040. The fraction of sp³-hybridized carbons (Fsp3) is 0.0500. The number of rotatable bonds is 6. The molecule has 0 saturated carbocycles. The number of ether oxygens (including phenoxy) is 1. The molecule has 4 aromatic rings. The van der Waals surface area contributed by atoms with Gasteiger partial charge in [-0.25, -0.2) is 0 Å². The Morgan fingerprint density at radius 3 is 2.48 bits per heavy atom. The smallest absolute Gasteiger partial charge is 0.345 e. The van der Waals surface area contributed by atoms with Gasteiger partial charge in [0.15, 0.2) is 0 Å². The molecule has 0 unspecified atom stereocenters. The minimum absolute atomic E-state index is 0.298. The SMILES string of the molecule is Clc1ccccc1NCc1ccccc1Oc1nnnn1-c1ccccc1. The maximum absolute atomic E-state index is 6.21. The molecule has 27 heavy (non-hydrogen) atoms. The summed E-state index contributed by atoms with van der Waals surface area (Å²) in [6, 6.07) is 25.2. The Balaban J connectivity index is 1.56. The molecule has 0 spiro atoms. The van der Waals surface area contributed by atoms with Crippen LogP contribution in [0.4, 0.5) is 5.69 Å². The first kappa shape index (κ1) is 17.1. The second-order valence-electron chi connectivity index (χ2n) is 5.75. The Kier molecular flexibility index (Phi) is 4.98.